The quantitative estimate of drug-likeness (QED) is 0.756. The molecular formula is C17H22N4O4S2. The molecule has 1 unspecified atom stereocenters. The van der Waals surface area contributed by atoms with Crippen molar-refractivity contribution in [2.75, 3.05) is 32.9 Å². The Balaban J connectivity index is 1.58. The van der Waals surface area contributed by atoms with Crippen LogP contribution in [0.4, 0.5) is 0 Å². The molecule has 1 atom stereocenters. The zero-order valence-electron chi connectivity index (χ0n) is 14.8. The smallest absolute Gasteiger partial charge is 0.243 e. The molecule has 0 spiro atoms. The highest BCUT2D eigenvalue weighted by Crippen LogP contribution is 2.24. The van der Waals surface area contributed by atoms with Gasteiger partial charge in [0.1, 0.15) is 0 Å². The maximum atomic E-state index is 12.7. The summed E-state index contributed by atoms with van der Waals surface area (Å²) >= 11 is 5.35. The van der Waals surface area contributed by atoms with Crippen LogP contribution in [0.5, 0.6) is 0 Å². The molecule has 1 aromatic carbocycles. The average Bonchev–Trinajstić information content (AvgIpc) is 3.33. The van der Waals surface area contributed by atoms with Crippen LogP contribution < -0.4 is 0 Å². The van der Waals surface area contributed by atoms with E-state index in [2.05, 4.69) is 10.2 Å². The minimum Gasteiger partial charge on any atom is -0.379 e. The van der Waals surface area contributed by atoms with Crippen molar-refractivity contribution in [2.45, 2.75) is 30.4 Å². The van der Waals surface area contributed by atoms with E-state index in [1.165, 1.54) is 4.31 Å². The van der Waals surface area contributed by atoms with E-state index in [1.807, 2.05) is 4.57 Å². The number of nitrogens with zero attached hydrogens (tertiary/aromatic N) is 3. The third kappa shape index (κ3) is 3.85. The Morgan fingerprint density at radius 3 is 2.59 bits per heavy atom. The molecule has 10 heteroatoms. The van der Waals surface area contributed by atoms with Crippen LogP contribution in [-0.2, 0) is 26.0 Å². The van der Waals surface area contributed by atoms with E-state index in [4.69, 9.17) is 21.7 Å². The number of ether oxygens (including phenoxy) is 2. The number of benzene rings is 1. The van der Waals surface area contributed by atoms with Crippen LogP contribution in [0.15, 0.2) is 29.2 Å². The van der Waals surface area contributed by atoms with E-state index in [9.17, 15) is 8.42 Å². The van der Waals surface area contributed by atoms with Crippen LogP contribution in [0.3, 0.4) is 0 Å². The summed E-state index contributed by atoms with van der Waals surface area (Å²) in [6.45, 7) is 3.02. The summed E-state index contributed by atoms with van der Waals surface area (Å²) in [6, 6.07) is 6.77. The largest absolute Gasteiger partial charge is 0.379 e. The fraction of sp³-hybridized carbons (Fsp3) is 0.529. The van der Waals surface area contributed by atoms with Crippen LogP contribution >= 0.6 is 12.2 Å². The molecule has 2 aliphatic heterocycles. The number of hydrogen-bond acceptors (Lipinski definition) is 6. The molecule has 0 radical (unpaired) electrons. The summed E-state index contributed by atoms with van der Waals surface area (Å²) in [7, 11) is -3.51. The monoisotopic (exact) mass is 410 g/mol. The Kier molecular flexibility index (Phi) is 5.42. The third-order valence-corrected chi connectivity index (χ3v) is 7.11. The Labute approximate surface area is 163 Å². The number of hydrogen-bond donors (Lipinski definition) is 1. The van der Waals surface area contributed by atoms with Gasteiger partial charge in [0, 0.05) is 25.3 Å². The summed E-state index contributed by atoms with van der Waals surface area (Å²) < 4.78 is 40.3. The predicted octanol–water partition coefficient (Wildman–Crippen LogP) is 1.81. The second kappa shape index (κ2) is 7.80. The maximum Gasteiger partial charge on any atom is 0.243 e. The number of morpholine rings is 1. The molecule has 1 aromatic heterocycles. The minimum atomic E-state index is -3.51. The van der Waals surface area contributed by atoms with Crippen molar-refractivity contribution in [2.24, 2.45) is 0 Å². The molecule has 3 heterocycles. The first-order valence-corrected chi connectivity index (χ1v) is 10.9. The Morgan fingerprint density at radius 2 is 1.93 bits per heavy atom. The van der Waals surface area contributed by atoms with Gasteiger partial charge in [-0.05, 0) is 49.3 Å². The fourth-order valence-electron chi connectivity index (χ4n) is 3.41. The zero-order chi connectivity index (χ0) is 18.9. The van der Waals surface area contributed by atoms with Crippen molar-refractivity contribution in [3.63, 3.8) is 0 Å². The Hall–Kier alpha value is -1.59. The molecule has 4 rings (SSSR count). The van der Waals surface area contributed by atoms with Crippen molar-refractivity contribution in [1.29, 1.82) is 0 Å². The Morgan fingerprint density at radius 1 is 1.19 bits per heavy atom. The predicted molar refractivity (Wildman–Crippen MR) is 101 cm³/mol. The molecule has 2 fully saturated rings. The van der Waals surface area contributed by atoms with Gasteiger partial charge in [0.05, 0.1) is 30.8 Å². The lowest BCUT2D eigenvalue weighted by Crippen LogP contribution is -2.40. The molecule has 0 saturated carbocycles. The van der Waals surface area contributed by atoms with Crippen LogP contribution in [0.1, 0.15) is 12.8 Å². The van der Waals surface area contributed by atoms with Crippen molar-refractivity contribution in [3.8, 4) is 11.4 Å². The van der Waals surface area contributed by atoms with Crippen LogP contribution in [0.25, 0.3) is 11.4 Å². The molecule has 2 aliphatic rings. The lowest BCUT2D eigenvalue weighted by Gasteiger charge is -2.26. The minimum absolute atomic E-state index is 0.133. The lowest BCUT2D eigenvalue weighted by molar-refractivity contribution is 0.0730. The van der Waals surface area contributed by atoms with Gasteiger partial charge >= 0.3 is 0 Å². The molecule has 0 aliphatic carbocycles. The highest BCUT2D eigenvalue weighted by Gasteiger charge is 2.26. The van der Waals surface area contributed by atoms with Gasteiger partial charge in [-0.1, -0.05) is 0 Å². The van der Waals surface area contributed by atoms with Gasteiger partial charge in [0.25, 0.3) is 0 Å². The van der Waals surface area contributed by atoms with Gasteiger partial charge < -0.3 is 9.47 Å². The molecule has 1 N–H and O–H groups in total. The molecule has 2 aromatic rings. The second-order valence-corrected chi connectivity index (χ2v) is 8.96. The summed E-state index contributed by atoms with van der Waals surface area (Å²) in [5.41, 5.74) is 0.807. The topological polar surface area (TPSA) is 89.5 Å². The number of nitrogens with one attached hydrogen (secondary N) is 1. The lowest BCUT2D eigenvalue weighted by atomic mass is 10.2. The van der Waals surface area contributed by atoms with Crippen molar-refractivity contribution < 1.29 is 17.9 Å². The fourth-order valence-corrected chi connectivity index (χ4v) is 5.03. The summed E-state index contributed by atoms with van der Waals surface area (Å²) in [5.74, 6) is 0.686. The molecule has 27 heavy (non-hydrogen) atoms. The zero-order valence-corrected chi connectivity index (χ0v) is 16.5. The number of H-pyrrole nitrogens is 1. The normalized spacial score (nSPS) is 21.6. The molecule has 146 valence electrons. The van der Waals surface area contributed by atoms with Crippen LogP contribution in [0.2, 0.25) is 0 Å². The van der Waals surface area contributed by atoms with E-state index in [0.717, 1.165) is 25.0 Å². The SMILES string of the molecule is O=S(=O)(c1ccc(-c2n[nH]c(=S)n2CC2CCCO2)cc1)N1CCOCC1. The van der Waals surface area contributed by atoms with E-state index < -0.39 is 10.0 Å². The maximum absolute atomic E-state index is 12.7. The van der Waals surface area contributed by atoms with Gasteiger partial charge in [0.15, 0.2) is 10.6 Å². The van der Waals surface area contributed by atoms with Crippen molar-refractivity contribution in [1.82, 2.24) is 19.1 Å². The van der Waals surface area contributed by atoms with E-state index in [-0.39, 0.29) is 11.0 Å². The van der Waals surface area contributed by atoms with Crippen LogP contribution in [-0.4, -0.2) is 66.5 Å². The van der Waals surface area contributed by atoms with E-state index >= 15 is 0 Å². The van der Waals surface area contributed by atoms with E-state index in [0.29, 0.717) is 43.4 Å². The summed E-state index contributed by atoms with van der Waals surface area (Å²) in [6.07, 6.45) is 2.19. The number of sulfonamides is 1. The van der Waals surface area contributed by atoms with Gasteiger partial charge in [-0.25, -0.2) is 8.42 Å². The highest BCUT2D eigenvalue weighted by molar-refractivity contribution is 7.89. The molecule has 8 nitrogen and oxygen atoms in total. The summed E-state index contributed by atoms with van der Waals surface area (Å²) in [5, 5.41) is 7.15. The van der Waals surface area contributed by atoms with Crippen molar-refractivity contribution >= 4 is 22.2 Å². The van der Waals surface area contributed by atoms with Gasteiger partial charge in [0.2, 0.25) is 10.0 Å². The average molecular weight is 411 g/mol. The first-order valence-electron chi connectivity index (χ1n) is 9.01. The van der Waals surface area contributed by atoms with Gasteiger partial charge in [-0.2, -0.15) is 9.40 Å². The van der Waals surface area contributed by atoms with Gasteiger partial charge in [-0.3, -0.25) is 9.67 Å². The number of rotatable bonds is 5. The summed E-state index contributed by atoms with van der Waals surface area (Å²) in [4.78, 5) is 0.271. The van der Waals surface area contributed by atoms with Crippen LogP contribution in [0, 0.1) is 4.77 Å². The second-order valence-electron chi connectivity index (χ2n) is 6.64. The Bertz CT molecular complexity index is 940. The molecular weight excluding hydrogens is 388 g/mol. The highest BCUT2D eigenvalue weighted by atomic mass is 32.2. The first kappa shape index (κ1) is 18.8. The standard InChI is InChI=1S/C17H22N4O4S2/c22-27(23,20-7-10-24-11-8-20)15-5-3-13(4-6-15)16-18-19-17(26)21(16)12-14-2-1-9-25-14/h3-6,14H,1-2,7-12H2,(H,19,26). The molecule has 0 amide bonds. The number of aromatic amines is 1. The van der Waals surface area contributed by atoms with Gasteiger partial charge in [-0.15, -0.1) is 0 Å². The molecule has 0 bridgehead atoms. The third-order valence-electron chi connectivity index (χ3n) is 4.89. The molecule has 2 saturated heterocycles. The number of aromatic nitrogens is 3. The first-order chi connectivity index (χ1) is 13.1. The van der Waals surface area contributed by atoms with E-state index in [1.54, 1.807) is 24.3 Å². The van der Waals surface area contributed by atoms with Crippen molar-refractivity contribution in [3.05, 3.63) is 29.0 Å².